The molecular formula is C26H28FN3O5. The Kier molecular flexibility index (Phi) is 8.35. The highest BCUT2D eigenvalue weighted by Gasteiger charge is 2.24. The van der Waals surface area contributed by atoms with Crippen LogP contribution in [0.2, 0.25) is 0 Å². The fourth-order valence-electron chi connectivity index (χ4n) is 3.71. The number of hydrogen-bond donors (Lipinski definition) is 0. The Bertz CT molecular complexity index is 1210. The largest absolute Gasteiger partial charge is 0.464 e. The van der Waals surface area contributed by atoms with Crippen LogP contribution in [0, 0.1) is 29.8 Å². The van der Waals surface area contributed by atoms with Crippen molar-refractivity contribution >= 4 is 17.5 Å². The van der Waals surface area contributed by atoms with E-state index in [0.29, 0.717) is 30.0 Å². The molecule has 0 radical (unpaired) electrons. The van der Waals surface area contributed by atoms with Gasteiger partial charge >= 0.3 is 0 Å². The molecular weight excluding hydrogens is 453 g/mol. The number of hydrogen-bond acceptors (Lipinski definition) is 5. The lowest BCUT2D eigenvalue weighted by molar-refractivity contribution is -0.385. The number of furan rings is 1. The topological polar surface area (TPSA) is 96.9 Å². The summed E-state index contributed by atoms with van der Waals surface area (Å²) in [4.78, 5) is 40.3. The van der Waals surface area contributed by atoms with Crippen LogP contribution < -0.4 is 0 Å². The van der Waals surface area contributed by atoms with E-state index in [1.54, 1.807) is 43.0 Å². The molecule has 0 aliphatic carbocycles. The summed E-state index contributed by atoms with van der Waals surface area (Å²) >= 11 is 0. The number of nitro groups is 1. The number of nitro benzene ring substituents is 1. The van der Waals surface area contributed by atoms with Crippen molar-refractivity contribution in [2.24, 2.45) is 0 Å². The van der Waals surface area contributed by atoms with E-state index >= 15 is 0 Å². The standard InChI is InChI=1S/C26H28FN3O5/c1-4-13-28(26(32)21-9-5-18(2)24(14-21)30(33)34)17-25(31)29(16-23-12-6-19(3)35-23)15-20-7-10-22(27)11-8-20/h5-12,14H,4,13,15-17H2,1-3H3. The van der Waals surface area contributed by atoms with E-state index in [1.165, 1.54) is 35.2 Å². The first kappa shape index (κ1) is 25.6. The molecule has 2 aromatic carbocycles. The molecule has 0 saturated heterocycles. The van der Waals surface area contributed by atoms with E-state index in [9.17, 15) is 24.1 Å². The van der Waals surface area contributed by atoms with Crippen molar-refractivity contribution in [2.45, 2.75) is 40.3 Å². The highest BCUT2D eigenvalue weighted by Crippen LogP contribution is 2.21. The van der Waals surface area contributed by atoms with Crippen molar-refractivity contribution in [1.29, 1.82) is 0 Å². The lowest BCUT2D eigenvalue weighted by Gasteiger charge is -2.27. The van der Waals surface area contributed by atoms with Gasteiger partial charge in [-0.1, -0.05) is 25.1 Å². The maximum atomic E-state index is 13.4. The fourth-order valence-corrected chi connectivity index (χ4v) is 3.71. The summed E-state index contributed by atoms with van der Waals surface area (Å²) in [6, 6.07) is 13.7. The second-order valence-electron chi connectivity index (χ2n) is 8.37. The molecule has 0 fully saturated rings. The predicted molar refractivity (Wildman–Crippen MR) is 128 cm³/mol. The van der Waals surface area contributed by atoms with Gasteiger partial charge in [-0.05, 0) is 56.2 Å². The molecule has 0 bridgehead atoms. The van der Waals surface area contributed by atoms with E-state index < -0.39 is 10.8 Å². The van der Waals surface area contributed by atoms with Crippen molar-refractivity contribution in [1.82, 2.24) is 9.80 Å². The number of amides is 2. The average Bonchev–Trinajstić information content (AvgIpc) is 3.23. The van der Waals surface area contributed by atoms with Gasteiger partial charge in [-0.25, -0.2) is 4.39 Å². The Balaban J connectivity index is 1.84. The maximum absolute atomic E-state index is 13.4. The third-order valence-corrected chi connectivity index (χ3v) is 5.54. The number of carbonyl (C=O) groups is 2. The second-order valence-corrected chi connectivity index (χ2v) is 8.37. The van der Waals surface area contributed by atoms with Crippen molar-refractivity contribution in [2.75, 3.05) is 13.1 Å². The molecule has 3 aromatic rings. The van der Waals surface area contributed by atoms with Crippen molar-refractivity contribution < 1.29 is 23.3 Å². The Morgan fingerprint density at radius 3 is 2.31 bits per heavy atom. The molecule has 1 aromatic heterocycles. The van der Waals surface area contributed by atoms with Gasteiger partial charge in [0.15, 0.2) is 0 Å². The zero-order valence-corrected chi connectivity index (χ0v) is 20.0. The number of aryl methyl sites for hydroxylation is 2. The lowest BCUT2D eigenvalue weighted by Crippen LogP contribution is -2.42. The molecule has 0 aliphatic heterocycles. The summed E-state index contributed by atoms with van der Waals surface area (Å²) in [5, 5.41) is 11.3. The molecule has 0 aliphatic rings. The summed E-state index contributed by atoms with van der Waals surface area (Å²) in [6.07, 6.45) is 0.600. The molecule has 0 saturated carbocycles. The predicted octanol–water partition coefficient (Wildman–Crippen LogP) is 5.02. The second kappa shape index (κ2) is 11.4. The normalized spacial score (nSPS) is 10.7. The first-order chi connectivity index (χ1) is 16.7. The van der Waals surface area contributed by atoms with Gasteiger partial charge < -0.3 is 14.2 Å². The Morgan fingerprint density at radius 1 is 1.00 bits per heavy atom. The SMILES string of the molecule is CCCN(CC(=O)N(Cc1ccc(F)cc1)Cc1ccc(C)o1)C(=O)c1ccc(C)c([N+](=O)[O-])c1. The summed E-state index contributed by atoms with van der Waals surface area (Å²) in [5.41, 5.74) is 1.18. The van der Waals surface area contributed by atoms with Gasteiger partial charge in [0.2, 0.25) is 5.91 Å². The minimum atomic E-state index is -0.531. The molecule has 8 nitrogen and oxygen atoms in total. The van der Waals surface area contributed by atoms with Gasteiger partial charge in [0.05, 0.1) is 11.5 Å². The number of carbonyl (C=O) groups excluding carboxylic acids is 2. The first-order valence-electron chi connectivity index (χ1n) is 11.3. The van der Waals surface area contributed by atoms with Crippen molar-refractivity contribution in [3.8, 4) is 0 Å². The molecule has 2 amide bonds. The van der Waals surface area contributed by atoms with Gasteiger partial charge in [0, 0.05) is 30.3 Å². The smallest absolute Gasteiger partial charge is 0.273 e. The van der Waals surface area contributed by atoms with Gasteiger partial charge in [-0.2, -0.15) is 0 Å². The quantitative estimate of drug-likeness (QED) is 0.299. The van der Waals surface area contributed by atoms with Gasteiger partial charge in [0.1, 0.15) is 23.9 Å². The van der Waals surface area contributed by atoms with Crippen LogP contribution in [0.25, 0.3) is 0 Å². The molecule has 35 heavy (non-hydrogen) atoms. The van der Waals surface area contributed by atoms with Gasteiger partial charge in [0.25, 0.3) is 11.6 Å². The van der Waals surface area contributed by atoms with E-state index in [4.69, 9.17) is 4.42 Å². The summed E-state index contributed by atoms with van der Waals surface area (Å²) in [6.45, 7) is 5.74. The number of benzene rings is 2. The Hall–Kier alpha value is -4.01. The summed E-state index contributed by atoms with van der Waals surface area (Å²) in [5.74, 6) is 0.129. The molecule has 9 heteroatoms. The monoisotopic (exact) mass is 481 g/mol. The third kappa shape index (κ3) is 6.75. The van der Waals surface area contributed by atoms with Crippen LogP contribution in [-0.2, 0) is 17.9 Å². The molecule has 0 atom stereocenters. The van der Waals surface area contributed by atoms with Gasteiger partial charge in [-0.15, -0.1) is 0 Å². The Morgan fingerprint density at radius 2 is 1.71 bits per heavy atom. The number of nitrogens with zero attached hydrogens (tertiary/aromatic N) is 3. The highest BCUT2D eigenvalue weighted by atomic mass is 19.1. The first-order valence-corrected chi connectivity index (χ1v) is 11.3. The molecule has 0 unspecified atom stereocenters. The van der Waals surface area contributed by atoms with Crippen LogP contribution in [0.4, 0.5) is 10.1 Å². The van der Waals surface area contributed by atoms with E-state index in [0.717, 1.165) is 5.56 Å². The van der Waals surface area contributed by atoms with Crippen LogP contribution in [0.15, 0.2) is 59.0 Å². The minimum Gasteiger partial charge on any atom is -0.464 e. The fraction of sp³-hybridized carbons (Fsp3) is 0.308. The molecule has 184 valence electrons. The van der Waals surface area contributed by atoms with Crippen molar-refractivity contribution in [3.05, 3.63) is 98.7 Å². The van der Waals surface area contributed by atoms with Crippen LogP contribution >= 0.6 is 0 Å². The van der Waals surface area contributed by atoms with E-state index in [-0.39, 0.29) is 42.6 Å². The number of rotatable bonds is 10. The maximum Gasteiger partial charge on any atom is 0.273 e. The Labute approximate surface area is 203 Å². The molecule has 0 spiro atoms. The van der Waals surface area contributed by atoms with Crippen molar-refractivity contribution in [3.63, 3.8) is 0 Å². The molecule has 1 heterocycles. The lowest BCUT2D eigenvalue weighted by atomic mass is 10.1. The molecule has 0 N–H and O–H groups in total. The van der Waals surface area contributed by atoms with Crippen LogP contribution in [-0.4, -0.2) is 39.6 Å². The van der Waals surface area contributed by atoms with Gasteiger partial charge in [-0.3, -0.25) is 19.7 Å². The third-order valence-electron chi connectivity index (χ3n) is 5.54. The van der Waals surface area contributed by atoms with Crippen LogP contribution in [0.1, 0.15) is 46.3 Å². The summed E-state index contributed by atoms with van der Waals surface area (Å²) < 4.78 is 19.0. The zero-order valence-electron chi connectivity index (χ0n) is 20.0. The number of halogens is 1. The summed E-state index contributed by atoms with van der Waals surface area (Å²) in [7, 11) is 0. The van der Waals surface area contributed by atoms with E-state index in [2.05, 4.69) is 0 Å². The molecule has 3 rings (SSSR count). The average molecular weight is 482 g/mol. The zero-order chi connectivity index (χ0) is 25.5. The minimum absolute atomic E-state index is 0.148. The van der Waals surface area contributed by atoms with E-state index in [1.807, 2.05) is 6.92 Å². The van der Waals surface area contributed by atoms with Crippen LogP contribution in [0.5, 0.6) is 0 Å². The highest BCUT2D eigenvalue weighted by molar-refractivity contribution is 5.97. The van der Waals surface area contributed by atoms with Crippen LogP contribution in [0.3, 0.4) is 0 Å².